The summed E-state index contributed by atoms with van der Waals surface area (Å²) < 4.78 is 2.49. The number of nitrogens with zero attached hydrogens (tertiary/aromatic N) is 1. The first-order valence-corrected chi connectivity index (χ1v) is 16.3. The zero-order valence-corrected chi connectivity index (χ0v) is 25.7. The third-order valence-corrected chi connectivity index (χ3v) is 9.93. The Kier molecular flexibility index (Phi) is 5.64. The molecular formula is C46H29N. The van der Waals surface area contributed by atoms with E-state index in [1.807, 2.05) is 0 Å². The van der Waals surface area contributed by atoms with Gasteiger partial charge in [0.1, 0.15) is 0 Å². The van der Waals surface area contributed by atoms with Gasteiger partial charge in [-0.2, -0.15) is 0 Å². The van der Waals surface area contributed by atoms with Crippen LogP contribution in [-0.4, -0.2) is 4.57 Å². The molecule has 0 fully saturated rings. The summed E-state index contributed by atoms with van der Waals surface area (Å²) in [6.45, 7) is 0. The van der Waals surface area contributed by atoms with Crippen molar-refractivity contribution in [3.8, 4) is 27.9 Å². The van der Waals surface area contributed by atoms with Gasteiger partial charge in [-0.05, 0) is 78.2 Å². The van der Waals surface area contributed by atoms with Crippen LogP contribution >= 0.6 is 0 Å². The first kappa shape index (κ1) is 26.1. The molecule has 0 bridgehead atoms. The predicted octanol–water partition coefficient (Wildman–Crippen LogP) is 12.7. The van der Waals surface area contributed by atoms with Gasteiger partial charge >= 0.3 is 0 Å². The maximum Gasteiger partial charge on any atom is 0.0619 e. The maximum atomic E-state index is 2.49. The molecule has 0 aliphatic heterocycles. The standard InChI is InChI=1S/C46H29N/c1-2-15-32(16-3-1)43-37-21-8-10-23-39(37)44(40-24-11-9-22-38(40)43)33-17-12-18-34(29-33)47-42-28-26-30-13-4-6-19-35(30)45(42)41-27-25-31-14-5-7-20-36(31)46(41)47/h1-29H. The number of hydrogen-bond donors (Lipinski definition) is 0. The summed E-state index contributed by atoms with van der Waals surface area (Å²) in [6, 6.07) is 64.5. The number of hydrogen-bond acceptors (Lipinski definition) is 0. The van der Waals surface area contributed by atoms with E-state index in [0.717, 1.165) is 5.69 Å². The number of fused-ring (bicyclic) bond motifs is 9. The average Bonchev–Trinajstić information content (AvgIpc) is 3.50. The molecule has 0 atom stereocenters. The maximum absolute atomic E-state index is 2.49. The van der Waals surface area contributed by atoms with Gasteiger partial charge in [0.25, 0.3) is 0 Å². The monoisotopic (exact) mass is 595 g/mol. The number of rotatable bonds is 3. The Bertz CT molecular complexity index is 2780. The van der Waals surface area contributed by atoms with Gasteiger partial charge in [-0.25, -0.2) is 0 Å². The van der Waals surface area contributed by atoms with Crippen molar-refractivity contribution in [2.24, 2.45) is 0 Å². The summed E-state index contributed by atoms with van der Waals surface area (Å²) >= 11 is 0. The Balaban J connectivity index is 1.32. The summed E-state index contributed by atoms with van der Waals surface area (Å²) in [5.41, 5.74) is 8.65. The minimum absolute atomic E-state index is 1.16. The molecule has 0 saturated heterocycles. The smallest absolute Gasteiger partial charge is 0.0619 e. The minimum Gasteiger partial charge on any atom is -0.309 e. The third kappa shape index (κ3) is 3.84. The molecule has 10 aromatic rings. The van der Waals surface area contributed by atoms with E-state index in [-0.39, 0.29) is 0 Å². The van der Waals surface area contributed by atoms with Crippen LogP contribution in [-0.2, 0) is 0 Å². The van der Waals surface area contributed by atoms with Crippen LogP contribution in [0.5, 0.6) is 0 Å². The van der Waals surface area contributed by atoms with E-state index in [9.17, 15) is 0 Å². The molecule has 0 N–H and O–H groups in total. The molecule has 47 heavy (non-hydrogen) atoms. The highest BCUT2D eigenvalue weighted by molar-refractivity contribution is 6.26. The van der Waals surface area contributed by atoms with E-state index in [1.54, 1.807) is 0 Å². The van der Waals surface area contributed by atoms with E-state index < -0.39 is 0 Å². The van der Waals surface area contributed by atoms with Crippen molar-refractivity contribution < 1.29 is 0 Å². The van der Waals surface area contributed by atoms with Gasteiger partial charge in [0, 0.05) is 21.8 Å². The van der Waals surface area contributed by atoms with Gasteiger partial charge in [0.15, 0.2) is 0 Å². The third-order valence-electron chi connectivity index (χ3n) is 9.93. The van der Waals surface area contributed by atoms with Crippen LogP contribution in [0.4, 0.5) is 0 Å². The normalized spacial score (nSPS) is 11.8. The van der Waals surface area contributed by atoms with Crippen molar-refractivity contribution in [3.63, 3.8) is 0 Å². The van der Waals surface area contributed by atoms with Gasteiger partial charge in [-0.15, -0.1) is 0 Å². The minimum atomic E-state index is 1.16. The number of benzene rings is 9. The lowest BCUT2D eigenvalue weighted by Gasteiger charge is -2.18. The van der Waals surface area contributed by atoms with E-state index in [0.29, 0.717) is 0 Å². The second-order valence-corrected chi connectivity index (χ2v) is 12.5. The van der Waals surface area contributed by atoms with E-state index in [1.165, 1.54) is 87.1 Å². The van der Waals surface area contributed by atoms with Crippen molar-refractivity contribution in [2.75, 3.05) is 0 Å². The highest BCUT2D eigenvalue weighted by atomic mass is 15.0. The molecule has 10 rings (SSSR count). The van der Waals surface area contributed by atoms with Crippen molar-refractivity contribution in [2.45, 2.75) is 0 Å². The molecule has 1 aromatic heterocycles. The van der Waals surface area contributed by atoms with Crippen LogP contribution < -0.4 is 0 Å². The molecule has 1 heteroatoms. The fraction of sp³-hybridized carbons (Fsp3) is 0. The largest absolute Gasteiger partial charge is 0.309 e. The molecule has 0 saturated carbocycles. The first-order chi connectivity index (χ1) is 23.3. The zero-order valence-electron chi connectivity index (χ0n) is 25.7. The summed E-state index contributed by atoms with van der Waals surface area (Å²) in [5, 5.41) is 12.7. The molecule has 1 nitrogen and oxygen atoms in total. The summed E-state index contributed by atoms with van der Waals surface area (Å²) in [4.78, 5) is 0. The Morgan fingerprint density at radius 1 is 0.319 bits per heavy atom. The van der Waals surface area contributed by atoms with Crippen LogP contribution in [0.3, 0.4) is 0 Å². The van der Waals surface area contributed by atoms with Gasteiger partial charge in [-0.3, -0.25) is 0 Å². The SMILES string of the molecule is c1ccc(-c2c3ccccc3c(-c3cccc(-n4c5ccc6ccccc6c5c5ccc6ccccc6c54)c3)c3ccccc23)cc1. The fourth-order valence-electron chi connectivity index (χ4n) is 7.97. The van der Waals surface area contributed by atoms with Crippen LogP contribution in [0.1, 0.15) is 0 Å². The Morgan fingerprint density at radius 2 is 0.830 bits per heavy atom. The average molecular weight is 596 g/mol. The molecule has 0 aliphatic carbocycles. The molecule has 0 spiro atoms. The van der Waals surface area contributed by atoms with E-state index in [2.05, 4.69) is 180 Å². The molecule has 0 amide bonds. The van der Waals surface area contributed by atoms with Gasteiger partial charge in [-0.1, -0.05) is 158 Å². The second kappa shape index (κ2) is 10.2. The van der Waals surface area contributed by atoms with Gasteiger partial charge in [0.05, 0.1) is 11.0 Å². The predicted molar refractivity (Wildman–Crippen MR) is 202 cm³/mol. The highest BCUT2D eigenvalue weighted by Crippen LogP contribution is 2.45. The van der Waals surface area contributed by atoms with Crippen LogP contribution in [0.2, 0.25) is 0 Å². The number of aromatic nitrogens is 1. The summed E-state index contributed by atoms with van der Waals surface area (Å²) in [5.74, 6) is 0. The molecule has 9 aromatic carbocycles. The lowest BCUT2D eigenvalue weighted by molar-refractivity contribution is 1.19. The Hall–Kier alpha value is -6.18. The van der Waals surface area contributed by atoms with Crippen molar-refractivity contribution >= 4 is 64.9 Å². The van der Waals surface area contributed by atoms with Crippen LogP contribution in [0, 0.1) is 0 Å². The second-order valence-electron chi connectivity index (χ2n) is 12.5. The topological polar surface area (TPSA) is 4.93 Å². The molecule has 0 radical (unpaired) electrons. The van der Waals surface area contributed by atoms with Crippen molar-refractivity contribution in [3.05, 3.63) is 176 Å². The molecule has 218 valence electrons. The summed E-state index contributed by atoms with van der Waals surface area (Å²) in [7, 11) is 0. The van der Waals surface area contributed by atoms with Crippen molar-refractivity contribution in [1.29, 1.82) is 0 Å². The lowest BCUT2D eigenvalue weighted by Crippen LogP contribution is -1.96. The van der Waals surface area contributed by atoms with Gasteiger partial charge < -0.3 is 4.57 Å². The van der Waals surface area contributed by atoms with E-state index in [4.69, 9.17) is 0 Å². The fourth-order valence-corrected chi connectivity index (χ4v) is 7.97. The molecule has 1 heterocycles. The van der Waals surface area contributed by atoms with E-state index >= 15 is 0 Å². The summed E-state index contributed by atoms with van der Waals surface area (Å²) in [6.07, 6.45) is 0. The zero-order chi connectivity index (χ0) is 30.9. The Morgan fingerprint density at radius 3 is 1.51 bits per heavy atom. The van der Waals surface area contributed by atoms with Crippen LogP contribution in [0.15, 0.2) is 176 Å². The lowest BCUT2D eigenvalue weighted by atomic mass is 9.86. The Labute approximate surface area is 272 Å². The van der Waals surface area contributed by atoms with Crippen LogP contribution in [0.25, 0.3) is 92.8 Å². The first-order valence-electron chi connectivity index (χ1n) is 16.3. The quantitative estimate of drug-likeness (QED) is 0.179. The van der Waals surface area contributed by atoms with Crippen molar-refractivity contribution in [1.82, 2.24) is 4.57 Å². The molecular weight excluding hydrogens is 567 g/mol. The molecule has 0 unspecified atom stereocenters. The molecule has 0 aliphatic rings. The van der Waals surface area contributed by atoms with Gasteiger partial charge in [0.2, 0.25) is 0 Å². The highest BCUT2D eigenvalue weighted by Gasteiger charge is 2.20.